The molecule has 0 aliphatic carbocycles. The monoisotopic (exact) mass is 358 g/mol. The van der Waals surface area contributed by atoms with Gasteiger partial charge in [-0.25, -0.2) is 4.98 Å². The Hall–Kier alpha value is -3.22. The molecule has 3 aromatic rings. The first-order valence-corrected chi connectivity index (χ1v) is 7.84. The number of hydrogen-bond acceptors (Lipinski definition) is 4. The minimum Gasteiger partial charge on any atom is -0.437 e. The maximum Gasteiger partial charge on any atom is 0.387 e. The normalized spacial score (nSPS) is 11.4. The van der Waals surface area contributed by atoms with Crippen LogP contribution in [0.25, 0.3) is 17.2 Å². The summed E-state index contributed by atoms with van der Waals surface area (Å²) in [5.74, 6) is 0.190. The number of alkyl halides is 2. The summed E-state index contributed by atoms with van der Waals surface area (Å²) in [7, 11) is 1.64. The number of rotatable bonds is 6. The molecule has 0 atom stereocenters. The number of carbonyl (C=O) groups is 1. The zero-order valence-corrected chi connectivity index (χ0v) is 13.9. The molecule has 0 unspecified atom stereocenters. The quantitative estimate of drug-likeness (QED) is 0.623. The van der Waals surface area contributed by atoms with E-state index in [1.807, 2.05) is 18.2 Å². The van der Waals surface area contributed by atoms with Gasteiger partial charge in [-0.05, 0) is 29.8 Å². The van der Waals surface area contributed by atoms with Crippen molar-refractivity contribution in [2.24, 2.45) is 0 Å². The predicted octanol–water partition coefficient (Wildman–Crippen LogP) is 4.10. The van der Waals surface area contributed by atoms with Crippen LogP contribution < -0.4 is 4.74 Å². The standard InChI is InChI=1S/C19H16F2N2O3/c1-23(12-13-6-8-14(9-7-13)25-19(20)21)18(24)11-10-17-22-15-4-2-3-5-16(15)26-17/h2-11,19H,12H2,1H3/b11-10+. The Bertz CT molecular complexity index is 887. The van der Waals surface area contributed by atoms with Crippen LogP contribution in [0.5, 0.6) is 5.75 Å². The number of carbonyl (C=O) groups excluding carboxylic acids is 1. The van der Waals surface area contributed by atoms with Crippen molar-refractivity contribution in [1.29, 1.82) is 0 Å². The van der Waals surface area contributed by atoms with Gasteiger partial charge >= 0.3 is 6.61 Å². The van der Waals surface area contributed by atoms with E-state index in [4.69, 9.17) is 4.42 Å². The highest BCUT2D eigenvalue weighted by Gasteiger charge is 2.09. The Morgan fingerprint density at radius 3 is 2.65 bits per heavy atom. The van der Waals surface area contributed by atoms with Crippen LogP contribution in [-0.2, 0) is 11.3 Å². The molecule has 0 spiro atoms. The summed E-state index contributed by atoms with van der Waals surface area (Å²) in [6.07, 6.45) is 2.89. The van der Waals surface area contributed by atoms with Crippen molar-refractivity contribution in [3.63, 3.8) is 0 Å². The molecular formula is C19H16F2N2O3. The third kappa shape index (κ3) is 4.44. The molecule has 0 fully saturated rings. The lowest BCUT2D eigenvalue weighted by atomic mass is 10.2. The molecule has 26 heavy (non-hydrogen) atoms. The fraction of sp³-hybridized carbons (Fsp3) is 0.158. The lowest BCUT2D eigenvalue weighted by Crippen LogP contribution is -2.24. The molecule has 2 aromatic carbocycles. The van der Waals surface area contributed by atoms with Crippen molar-refractivity contribution in [3.8, 4) is 5.75 Å². The fourth-order valence-corrected chi connectivity index (χ4v) is 2.36. The summed E-state index contributed by atoms with van der Waals surface area (Å²) >= 11 is 0. The smallest absolute Gasteiger partial charge is 0.387 e. The van der Waals surface area contributed by atoms with Gasteiger partial charge in [0.2, 0.25) is 11.8 Å². The Labute approximate surface area is 148 Å². The van der Waals surface area contributed by atoms with E-state index >= 15 is 0 Å². The minimum atomic E-state index is -2.86. The van der Waals surface area contributed by atoms with Crippen molar-refractivity contribution in [2.45, 2.75) is 13.2 Å². The highest BCUT2D eigenvalue weighted by atomic mass is 19.3. The number of halogens is 2. The number of oxazole rings is 1. The van der Waals surface area contributed by atoms with E-state index < -0.39 is 6.61 Å². The SMILES string of the molecule is CN(Cc1ccc(OC(F)F)cc1)C(=O)/C=C/c1nc2ccccc2o1. The lowest BCUT2D eigenvalue weighted by molar-refractivity contribution is -0.125. The minimum absolute atomic E-state index is 0.0774. The Morgan fingerprint density at radius 2 is 1.96 bits per heavy atom. The van der Waals surface area contributed by atoms with Crippen LogP contribution in [0.3, 0.4) is 0 Å². The van der Waals surface area contributed by atoms with Crippen LogP contribution in [0, 0.1) is 0 Å². The molecule has 134 valence electrons. The first-order valence-electron chi connectivity index (χ1n) is 7.84. The molecule has 7 heteroatoms. The van der Waals surface area contributed by atoms with E-state index in [1.54, 1.807) is 25.2 Å². The van der Waals surface area contributed by atoms with Gasteiger partial charge in [-0.1, -0.05) is 24.3 Å². The Kier molecular flexibility index (Phi) is 5.26. The third-order valence-electron chi connectivity index (χ3n) is 3.62. The van der Waals surface area contributed by atoms with Crippen molar-refractivity contribution in [2.75, 3.05) is 7.05 Å². The van der Waals surface area contributed by atoms with E-state index in [9.17, 15) is 13.6 Å². The average molecular weight is 358 g/mol. The van der Waals surface area contributed by atoms with Crippen molar-refractivity contribution >= 4 is 23.1 Å². The van der Waals surface area contributed by atoms with E-state index in [1.165, 1.54) is 29.2 Å². The summed E-state index contributed by atoms with van der Waals surface area (Å²) in [5, 5.41) is 0. The van der Waals surface area contributed by atoms with Crippen molar-refractivity contribution in [1.82, 2.24) is 9.88 Å². The fourth-order valence-electron chi connectivity index (χ4n) is 2.36. The summed E-state index contributed by atoms with van der Waals surface area (Å²) in [6, 6.07) is 13.5. The molecule has 0 saturated carbocycles. The van der Waals surface area contributed by atoms with Crippen LogP contribution >= 0.6 is 0 Å². The van der Waals surface area contributed by atoms with Gasteiger partial charge in [-0.2, -0.15) is 8.78 Å². The van der Waals surface area contributed by atoms with Crippen molar-refractivity contribution in [3.05, 3.63) is 66.1 Å². The van der Waals surface area contributed by atoms with Crippen LogP contribution in [0.4, 0.5) is 8.78 Å². The topological polar surface area (TPSA) is 55.6 Å². The molecule has 0 N–H and O–H groups in total. The second-order valence-corrected chi connectivity index (χ2v) is 5.57. The number of benzene rings is 2. The van der Waals surface area contributed by atoms with Gasteiger partial charge in [0.15, 0.2) is 5.58 Å². The summed E-state index contributed by atoms with van der Waals surface area (Å²) in [4.78, 5) is 17.9. The zero-order chi connectivity index (χ0) is 18.5. The molecule has 0 aliphatic rings. The molecule has 3 rings (SSSR count). The van der Waals surface area contributed by atoms with Crippen LogP contribution in [-0.4, -0.2) is 29.5 Å². The molecule has 1 aromatic heterocycles. The van der Waals surface area contributed by atoms with E-state index in [0.717, 1.165) is 11.1 Å². The number of likely N-dealkylation sites (N-methyl/N-ethyl adjacent to an activating group) is 1. The first kappa shape index (κ1) is 17.6. The van der Waals surface area contributed by atoms with E-state index in [2.05, 4.69) is 9.72 Å². The molecule has 0 saturated heterocycles. The third-order valence-corrected chi connectivity index (χ3v) is 3.62. The molecule has 1 heterocycles. The number of amides is 1. The first-order chi connectivity index (χ1) is 12.5. The number of nitrogens with zero attached hydrogens (tertiary/aromatic N) is 2. The van der Waals surface area contributed by atoms with Gasteiger partial charge < -0.3 is 14.1 Å². The summed E-state index contributed by atoms with van der Waals surface area (Å²) in [5.41, 5.74) is 2.16. The van der Waals surface area contributed by atoms with E-state index in [0.29, 0.717) is 18.0 Å². The maximum atomic E-state index is 12.2. The molecule has 1 amide bonds. The van der Waals surface area contributed by atoms with Gasteiger partial charge in [0.25, 0.3) is 0 Å². The van der Waals surface area contributed by atoms with E-state index in [-0.39, 0.29) is 11.7 Å². The number of para-hydroxylation sites is 2. The number of ether oxygens (including phenoxy) is 1. The average Bonchev–Trinajstić information content (AvgIpc) is 3.03. The molecule has 0 radical (unpaired) electrons. The van der Waals surface area contributed by atoms with Gasteiger partial charge in [-0.15, -0.1) is 0 Å². The van der Waals surface area contributed by atoms with Crippen LogP contribution in [0.2, 0.25) is 0 Å². The highest BCUT2D eigenvalue weighted by molar-refractivity contribution is 5.91. The molecule has 0 aliphatic heterocycles. The van der Waals surface area contributed by atoms with Gasteiger partial charge in [0.1, 0.15) is 11.3 Å². The summed E-state index contributed by atoms with van der Waals surface area (Å²) in [6.45, 7) is -2.53. The second kappa shape index (κ2) is 7.77. The number of fused-ring (bicyclic) bond motifs is 1. The molecular weight excluding hydrogens is 342 g/mol. The van der Waals surface area contributed by atoms with Gasteiger partial charge in [-0.3, -0.25) is 4.79 Å². The van der Waals surface area contributed by atoms with Gasteiger partial charge in [0.05, 0.1) is 0 Å². The highest BCUT2D eigenvalue weighted by Crippen LogP contribution is 2.17. The van der Waals surface area contributed by atoms with Crippen LogP contribution in [0.15, 0.2) is 59.0 Å². The predicted molar refractivity (Wildman–Crippen MR) is 92.6 cm³/mol. The maximum absolute atomic E-state index is 12.2. The zero-order valence-electron chi connectivity index (χ0n) is 13.9. The molecule has 5 nitrogen and oxygen atoms in total. The van der Waals surface area contributed by atoms with Crippen molar-refractivity contribution < 1.29 is 22.7 Å². The lowest BCUT2D eigenvalue weighted by Gasteiger charge is -2.15. The summed E-state index contributed by atoms with van der Waals surface area (Å²) < 4.78 is 34.1. The Balaban J connectivity index is 1.60. The van der Waals surface area contributed by atoms with Crippen LogP contribution in [0.1, 0.15) is 11.5 Å². The second-order valence-electron chi connectivity index (χ2n) is 5.57. The molecule has 0 bridgehead atoms. The number of hydrogen-bond donors (Lipinski definition) is 0. The van der Waals surface area contributed by atoms with Gasteiger partial charge in [0, 0.05) is 25.7 Å². The largest absolute Gasteiger partial charge is 0.437 e. The number of aromatic nitrogens is 1. The Morgan fingerprint density at radius 1 is 1.23 bits per heavy atom.